The molecular formula is C27H29F3N8O3S2. The van der Waals surface area contributed by atoms with Gasteiger partial charge in [-0.05, 0) is 31.5 Å². The molecule has 8 rings (SSSR count). The van der Waals surface area contributed by atoms with Crippen LogP contribution in [0.5, 0.6) is 6.01 Å². The van der Waals surface area contributed by atoms with Crippen LogP contribution in [0, 0.1) is 5.82 Å². The summed E-state index contributed by atoms with van der Waals surface area (Å²) in [4.78, 5) is 17.6. The van der Waals surface area contributed by atoms with Crippen LogP contribution in [0.15, 0.2) is 17.0 Å². The SMILES string of the molecule is Nc1nc2c(C3=C(F)c4nc(OC[C@@]56CCCN5C[C@H](F)C6)nc(N5C6CNCC5COC6)c4S(=O)N3)ccc(F)c2s1. The van der Waals surface area contributed by atoms with Gasteiger partial charge in [0.15, 0.2) is 27.8 Å². The molecule has 43 heavy (non-hydrogen) atoms. The van der Waals surface area contributed by atoms with Crippen molar-refractivity contribution in [1.82, 2.24) is 29.9 Å². The maximum absolute atomic E-state index is 16.6. The quantitative estimate of drug-likeness (QED) is 0.385. The number of piperazine rings is 1. The fourth-order valence-corrected chi connectivity index (χ4v) is 9.05. The van der Waals surface area contributed by atoms with Crippen molar-refractivity contribution in [2.45, 2.75) is 48.0 Å². The molecule has 3 aromatic rings. The summed E-state index contributed by atoms with van der Waals surface area (Å²) < 4.78 is 74.4. The lowest BCUT2D eigenvalue weighted by Crippen LogP contribution is -2.64. The number of morpholine rings is 1. The molecule has 0 radical (unpaired) electrons. The molecule has 4 saturated heterocycles. The Hall–Kier alpha value is -3.05. The Kier molecular flexibility index (Phi) is 6.56. The van der Waals surface area contributed by atoms with Gasteiger partial charge in [0.05, 0.1) is 46.8 Å². The maximum atomic E-state index is 16.6. The smallest absolute Gasteiger partial charge is 0.319 e. The first-order chi connectivity index (χ1) is 20.8. The minimum Gasteiger partial charge on any atom is -0.461 e. The van der Waals surface area contributed by atoms with E-state index in [1.54, 1.807) is 0 Å². The van der Waals surface area contributed by atoms with Crippen molar-refractivity contribution in [3.05, 3.63) is 29.2 Å². The lowest BCUT2D eigenvalue weighted by atomic mass is 9.95. The van der Waals surface area contributed by atoms with Crippen molar-refractivity contribution in [1.29, 1.82) is 0 Å². The highest BCUT2D eigenvalue weighted by molar-refractivity contribution is 7.83. The van der Waals surface area contributed by atoms with Gasteiger partial charge in [0.25, 0.3) is 0 Å². The van der Waals surface area contributed by atoms with Crippen LogP contribution in [0.2, 0.25) is 0 Å². The average molecular weight is 635 g/mol. The lowest BCUT2D eigenvalue weighted by molar-refractivity contribution is 0.0516. The number of alkyl halides is 1. The van der Waals surface area contributed by atoms with Gasteiger partial charge < -0.3 is 25.4 Å². The Balaban J connectivity index is 1.26. The van der Waals surface area contributed by atoms with Gasteiger partial charge in [-0.1, -0.05) is 11.3 Å². The summed E-state index contributed by atoms with van der Waals surface area (Å²) in [6.45, 7) is 3.34. The number of nitrogens with two attached hydrogens (primary N) is 1. The molecule has 228 valence electrons. The second kappa shape index (κ2) is 10.3. The zero-order valence-corrected chi connectivity index (χ0v) is 24.6. The van der Waals surface area contributed by atoms with E-state index >= 15 is 4.39 Å². The summed E-state index contributed by atoms with van der Waals surface area (Å²) in [5.74, 6) is -1.04. The van der Waals surface area contributed by atoms with Crippen LogP contribution in [-0.2, 0) is 15.7 Å². The van der Waals surface area contributed by atoms with Crippen LogP contribution >= 0.6 is 11.3 Å². The number of fused-ring (bicyclic) bond motifs is 5. The second-order valence-corrected chi connectivity index (χ2v) is 13.8. The molecule has 0 aliphatic carbocycles. The summed E-state index contributed by atoms with van der Waals surface area (Å²) in [7, 11) is -1.99. The molecule has 0 saturated carbocycles. The molecule has 5 aliphatic heterocycles. The molecule has 5 atom stereocenters. The Labute approximate surface area is 251 Å². The minimum absolute atomic E-state index is 0.0784. The van der Waals surface area contributed by atoms with Gasteiger partial charge in [0.2, 0.25) is 0 Å². The molecular weight excluding hydrogens is 605 g/mol. The number of rotatable bonds is 5. The van der Waals surface area contributed by atoms with Crippen LogP contribution in [0.4, 0.5) is 24.1 Å². The van der Waals surface area contributed by atoms with Gasteiger partial charge in [-0.2, -0.15) is 9.97 Å². The normalized spacial score (nSPS) is 30.4. The molecule has 5 aliphatic rings. The molecule has 3 unspecified atom stereocenters. The molecule has 2 aromatic heterocycles. The molecule has 7 heterocycles. The van der Waals surface area contributed by atoms with Gasteiger partial charge in [0.1, 0.15) is 29.2 Å². The third kappa shape index (κ3) is 4.40. The van der Waals surface area contributed by atoms with Crippen LogP contribution in [0.1, 0.15) is 30.5 Å². The Morgan fingerprint density at radius 2 is 2.02 bits per heavy atom. The summed E-state index contributed by atoms with van der Waals surface area (Å²) >= 11 is 0.946. The van der Waals surface area contributed by atoms with E-state index in [-0.39, 0.29) is 61.9 Å². The first kappa shape index (κ1) is 27.5. The summed E-state index contributed by atoms with van der Waals surface area (Å²) in [6, 6.07) is 2.23. The highest BCUT2D eigenvalue weighted by atomic mass is 32.2. The van der Waals surface area contributed by atoms with Crippen LogP contribution < -0.4 is 25.4 Å². The van der Waals surface area contributed by atoms with Crippen LogP contribution in [0.3, 0.4) is 0 Å². The number of nitrogen functional groups attached to an aromatic ring is 1. The fraction of sp³-hybridized carbons (Fsp3) is 0.519. The number of aromatic nitrogens is 3. The first-order valence-electron chi connectivity index (χ1n) is 14.3. The van der Waals surface area contributed by atoms with Crippen molar-refractivity contribution >= 4 is 55.0 Å². The number of anilines is 2. The lowest BCUT2D eigenvalue weighted by Gasteiger charge is -2.47. The van der Waals surface area contributed by atoms with Crippen molar-refractivity contribution in [3.8, 4) is 6.01 Å². The molecule has 16 heteroatoms. The number of nitrogens with one attached hydrogen (secondary N) is 2. The Morgan fingerprint density at radius 3 is 2.84 bits per heavy atom. The molecule has 11 nitrogen and oxygen atoms in total. The number of halogens is 3. The van der Waals surface area contributed by atoms with E-state index in [1.165, 1.54) is 12.1 Å². The number of thiazole rings is 1. The van der Waals surface area contributed by atoms with E-state index in [0.29, 0.717) is 45.1 Å². The van der Waals surface area contributed by atoms with Gasteiger partial charge >= 0.3 is 6.01 Å². The number of benzene rings is 1. The van der Waals surface area contributed by atoms with E-state index in [4.69, 9.17) is 20.2 Å². The molecule has 4 N–H and O–H groups in total. The summed E-state index contributed by atoms with van der Waals surface area (Å²) in [6.07, 6.45) is 1.14. The number of nitrogens with zero attached hydrogens (tertiary/aromatic N) is 5. The van der Waals surface area contributed by atoms with Gasteiger partial charge in [-0.3, -0.25) is 9.62 Å². The molecule has 1 aromatic carbocycles. The Bertz CT molecular complexity index is 1670. The van der Waals surface area contributed by atoms with E-state index in [2.05, 4.69) is 24.9 Å². The predicted octanol–water partition coefficient (Wildman–Crippen LogP) is 2.36. The standard InChI is InChI=1S/C27H29F3N8O3S2/c28-13-6-27(4-1-5-37(27)9-13)12-41-26-34-21-18(30)19(16-2-3-17(29)22-20(16)33-25(31)42-22)36-43(39)23(21)24(35-26)38-14-7-32-8-15(38)11-40-10-14/h2-3,13-15,32,36H,1,4-12H2,(H2,31,33)/t13-,14?,15?,27+,43?/m1/s1. The fourth-order valence-electron chi connectivity index (χ4n) is 7.18. The largest absolute Gasteiger partial charge is 0.461 e. The van der Waals surface area contributed by atoms with Crippen molar-refractivity contribution in [3.63, 3.8) is 0 Å². The highest BCUT2D eigenvalue weighted by Gasteiger charge is 2.50. The topological polar surface area (TPSA) is 131 Å². The van der Waals surface area contributed by atoms with Gasteiger partial charge in [-0.25, -0.2) is 22.4 Å². The van der Waals surface area contributed by atoms with E-state index in [0.717, 1.165) is 30.7 Å². The predicted molar refractivity (Wildman–Crippen MR) is 156 cm³/mol. The minimum atomic E-state index is -1.99. The maximum Gasteiger partial charge on any atom is 0.319 e. The molecule has 4 fully saturated rings. The zero-order valence-electron chi connectivity index (χ0n) is 22.9. The molecule has 0 amide bonds. The van der Waals surface area contributed by atoms with Gasteiger partial charge in [0, 0.05) is 31.6 Å². The first-order valence-corrected chi connectivity index (χ1v) is 16.2. The average Bonchev–Trinajstić information content (AvgIpc) is 3.65. The third-order valence-electron chi connectivity index (χ3n) is 9.06. The van der Waals surface area contributed by atoms with Crippen molar-refractivity contribution < 1.29 is 26.9 Å². The zero-order chi connectivity index (χ0) is 29.5. The van der Waals surface area contributed by atoms with Crippen LogP contribution in [0.25, 0.3) is 21.7 Å². The van der Waals surface area contributed by atoms with E-state index < -0.39 is 34.3 Å². The monoisotopic (exact) mass is 634 g/mol. The summed E-state index contributed by atoms with van der Waals surface area (Å²) in [5.41, 5.74) is 5.43. The van der Waals surface area contributed by atoms with Crippen molar-refractivity contribution in [2.24, 2.45) is 0 Å². The van der Waals surface area contributed by atoms with Crippen LogP contribution in [-0.4, -0.2) is 93.9 Å². The molecule has 0 spiro atoms. The third-order valence-corrected chi connectivity index (χ3v) is 11.1. The number of ether oxygens (including phenoxy) is 2. The number of hydrogen-bond donors (Lipinski definition) is 3. The Morgan fingerprint density at radius 1 is 1.21 bits per heavy atom. The molecule has 2 bridgehead atoms. The summed E-state index contributed by atoms with van der Waals surface area (Å²) in [5, 5.41) is 3.51. The van der Waals surface area contributed by atoms with Gasteiger partial charge in [-0.15, -0.1) is 0 Å². The van der Waals surface area contributed by atoms with E-state index in [9.17, 15) is 13.0 Å². The number of hydrogen-bond acceptors (Lipinski definition) is 11. The van der Waals surface area contributed by atoms with Crippen molar-refractivity contribution in [2.75, 3.05) is 56.6 Å². The highest BCUT2D eigenvalue weighted by Crippen LogP contribution is 2.44. The second-order valence-electron chi connectivity index (χ2n) is 11.7. The van der Waals surface area contributed by atoms with E-state index in [1.807, 2.05) is 4.90 Å².